The molecule has 1 amide bonds. The summed E-state index contributed by atoms with van der Waals surface area (Å²) in [5.74, 6) is -0.652. The summed E-state index contributed by atoms with van der Waals surface area (Å²) in [5.41, 5.74) is 0.458. The topological polar surface area (TPSA) is 105 Å². The van der Waals surface area contributed by atoms with Crippen LogP contribution in [0.15, 0.2) is 38.6 Å². The van der Waals surface area contributed by atoms with Gasteiger partial charge in [0.2, 0.25) is 5.91 Å². The number of nitrogens with zero attached hydrogens (tertiary/aromatic N) is 1. The fourth-order valence-corrected chi connectivity index (χ4v) is 2.84. The van der Waals surface area contributed by atoms with Gasteiger partial charge in [-0.15, -0.1) is 0 Å². The number of thioether (sulfide) groups is 1. The van der Waals surface area contributed by atoms with Gasteiger partial charge in [0, 0.05) is 5.69 Å². The highest BCUT2D eigenvalue weighted by Gasteiger charge is 2.25. The van der Waals surface area contributed by atoms with E-state index in [1.165, 1.54) is 4.68 Å². The Hall–Kier alpha value is -2.55. The molecule has 2 rings (SSSR count). The molecule has 0 fully saturated rings. The minimum absolute atomic E-state index is 0.270. The van der Waals surface area contributed by atoms with Crippen LogP contribution in [0.5, 0.6) is 0 Å². The van der Waals surface area contributed by atoms with E-state index in [0.29, 0.717) is 22.9 Å². The van der Waals surface area contributed by atoms with Crippen molar-refractivity contribution in [3.63, 3.8) is 0 Å². The molecular weight excluding hydrogens is 358 g/mol. The summed E-state index contributed by atoms with van der Waals surface area (Å²) in [6, 6.07) is 6.47. The summed E-state index contributed by atoms with van der Waals surface area (Å²) in [6.45, 7) is 4.10. The highest BCUT2D eigenvalue weighted by molar-refractivity contribution is 8.00. The number of nitrogens with one attached hydrogen (secondary N) is 2. The van der Waals surface area contributed by atoms with Crippen molar-refractivity contribution < 1.29 is 23.5 Å². The summed E-state index contributed by atoms with van der Waals surface area (Å²) >= 11 is 1.09. The number of ether oxygens (including phenoxy) is 1. The van der Waals surface area contributed by atoms with Gasteiger partial charge in [-0.1, -0.05) is 18.0 Å². The Morgan fingerprint density at radius 3 is 2.62 bits per heavy atom. The third-order valence-corrected chi connectivity index (χ3v) is 4.76. The highest BCUT2D eigenvalue weighted by Crippen LogP contribution is 2.19. The molecule has 0 saturated heterocycles. The lowest BCUT2D eigenvalue weighted by Gasteiger charge is -2.10. The van der Waals surface area contributed by atoms with Gasteiger partial charge in [0.05, 0.1) is 17.4 Å². The van der Waals surface area contributed by atoms with E-state index in [2.05, 4.69) is 15.1 Å². The Kier molecular flexibility index (Phi) is 7.02. The zero-order chi connectivity index (χ0) is 19.1. The zero-order valence-corrected chi connectivity index (χ0v) is 15.7. The molecule has 0 saturated carbocycles. The number of H-pyrrole nitrogens is 1. The molecule has 2 N–H and O–H groups in total. The molecular formula is C17H22N3O5S+. The number of carbonyl (C=O) groups is 2. The number of hydrogen-bond acceptors (Lipinski definition) is 6. The number of anilines is 1. The third-order valence-electron chi connectivity index (χ3n) is 3.53. The lowest BCUT2D eigenvalue weighted by molar-refractivity contribution is -0.772. The second-order valence-electron chi connectivity index (χ2n) is 5.66. The number of aromatic nitrogens is 2. The van der Waals surface area contributed by atoms with Crippen LogP contribution in [0.4, 0.5) is 5.69 Å². The average Bonchev–Trinajstić information content (AvgIpc) is 2.94. The molecule has 0 aliphatic rings. The van der Waals surface area contributed by atoms with Gasteiger partial charge in [0.15, 0.2) is 7.05 Å². The number of aromatic amines is 1. The van der Waals surface area contributed by atoms with Crippen LogP contribution in [0.3, 0.4) is 0 Å². The number of rotatable bonds is 8. The molecule has 0 bridgehead atoms. The maximum Gasteiger partial charge on any atom is 0.441 e. The molecule has 2 aromatic rings. The van der Waals surface area contributed by atoms with Gasteiger partial charge in [-0.25, -0.2) is 9.59 Å². The Morgan fingerprint density at radius 1 is 1.35 bits per heavy atom. The predicted molar refractivity (Wildman–Crippen MR) is 96.1 cm³/mol. The van der Waals surface area contributed by atoms with Crippen molar-refractivity contribution in [2.24, 2.45) is 7.05 Å². The molecule has 0 radical (unpaired) electrons. The van der Waals surface area contributed by atoms with Crippen LogP contribution in [0.2, 0.25) is 0 Å². The van der Waals surface area contributed by atoms with Crippen LogP contribution in [0, 0.1) is 0 Å². The molecule has 8 nitrogen and oxygen atoms in total. The van der Waals surface area contributed by atoms with Crippen LogP contribution in [-0.4, -0.2) is 29.0 Å². The van der Waals surface area contributed by atoms with Crippen molar-refractivity contribution >= 4 is 29.3 Å². The largest absolute Gasteiger partial charge is 0.462 e. The van der Waals surface area contributed by atoms with E-state index in [0.717, 1.165) is 24.6 Å². The Morgan fingerprint density at radius 2 is 2.04 bits per heavy atom. The summed E-state index contributed by atoms with van der Waals surface area (Å²) in [5, 5.41) is 4.93. The number of benzene rings is 1. The Labute approximate surface area is 154 Å². The van der Waals surface area contributed by atoms with Crippen LogP contribution in [0.25, 0.3) is 0 Å². The van der Waals surface area contributed by atoms with Crippen molar-refractivity contribution in [1.29, 1.82) is 0 Å². The van der Waals surface area contributed by atoms with Crippen molar-refractivity contribution in [3.05, 3.63) is 40.2 Å². The van der Waals surface area contributed by atoms with E-state index in [-0.39, 0.29) is 11.9 Å². The fourth-order valence-electron chi connectivity index (χ4n) is 2.01. The van der Waals surface area contributed by atoms with E-state index in [4.69, 9.17) is 4.74 Å². The first-order valence-corrected chi connectivity index (χ1v) is 9.12. The Bertz CT molecular complexity index is 813. The zero-order valence-electron chi connectivity index (χ0n) is 14.9. The van der Waals surface area contributed by atoms with E-state index < -0.39 is 10.9 Å². The molecule has 0 aliphatic carbocycles. The van der Waals surface area contributed by atoms with Gasteiger partial charge < -0.3 is 10.1 Å². The fraction of sp³-hybridized carbons (Fsp3) is 0.412. The summed E-state index contributed by atoms with van der Waals surface area (Å²) < 4.78 is 11.2. The highest BCUT2D eigenvalue weighted by atomic mass is 32.2. The van der Waals surface area contributed by atoms with Crippen LogP contribution in [0.1, 0.15) is 37.0 Å². The van der Waals surface area contributed by atoms with E-state index in [9.17, 15) is 14.4 Å². The number of carbonyl (C=O) groups excluding carboxylic acids is 2. The number of amides is 1. The van der Waals surface area contributed by atoms with E-state index in [1.807, 2.05) is 6.92 Å². The van der Waals surface area contributed by atoms with E-state index in [1.54, 1.807) is 38.2 Å². The molecule has 1 aromatic carbocycles. The van der Waals surface area contributed by atoms with Crippen molar-refractivity contribution in [1.82, 2.24) is 5.27 Å². The van der Waals surface area contributed by atoms with Crippen molar-refractivity contribution in [3.8, 4) is 0 Å². The second-order valence-corrected chi connectivity index (χ2v) is 6.99. The molecule has 0 spiro atoms. The lowest BCUT2D eigenvalue weighted by Crippen LogP contribution is -2.35. The standard InChI is InChI=1S/C17H21N3O5S/c1-4-5-10-24-16(22)12-6-8-13(9-7-12)18-14(21)11(2)26-15-17(23)25-19-20(15)3/h6-9,11H,4-5,10H2,1-3H3,(H-,18,19,21,22,23)/p+1. The first kappa shape index (κ1) is 19.8. The monoisotopic (exact) mass is 380 g/mol. The molecule has 140 valence electrons. The third kappa shape index (κ3) is 5.22. The number of esters is 1. The molecule has 1 unspecified atom stereocenters. The van der Waals surface area contributed by atoms with Gasteiger partial charge in [-0.05, 0) is 54.6 Å². The minimum Gasteiger partial charge on any atom is -0.462 e. The first-order chi connectivity index (χ1) is 12.4. The van der Waals surface area contributed by atoms with E-state index >= 15 is 0 Å². The van der Waals surface area contributed by atoms with Crippen LogP contribution >= 0.6 is 11.8 Å². The maximum atomic E-state index is 12.3. The smallest absolute Gasteiger partial charge is 0.441 e. The van der Waals surface area contributed by atoms with Gasteiger partial charge in [-0.3, -0.25) is 9.32 Å². The predicted octanol–water partition coefficient (Wildman–Crippen LogP) is 1.87. The summed E-state index contributed by atoms with van der Waals surface area (Å²) in [7, 11) is 1.62. The average molecular weight is 380 g/mol. The van der Waals surface area contributed by atoms with Crippen LogP contribution < -0.4 is 15.6 Å². The number of aryl methyl sites for hydroxylation is 1. The van der Waals surface area contributed by atoms with Gasteiger partial charge >= 0.3 is 16.6 Å². The van der Waals surface area contributed by atoms with Crippen LogP contribution in [-0.2, 0) is 16.6 Å². The Balaban J connectivity index is 1.92. The lowest BCUT2D eigenvalue weighted by atomic mass is 10.2. The molecule has 9 heteroatoms. The molecule has 1 heterocycles. The molecule has 1 aromatic heterocycles. The minimum atomic E-state index is -0.525. The first-order valence-electron chi connectivity index (χ1n) is 8.24. The SMILES string of the molecule is CCCCOC(=O)c1ccc(NC(=O)C(C)Sc2c(=O)o[nH][n+]2C)cc1. The number of unbranched alkanes of at least 4 members (excludes halogenated alkanes) is 1. The molecule has 1 atom stereocenters. The van der Waals surface area contributed by atoms with Gasteiger partial charge in [0.25, 0.3) is 0 Å². The summed E-state index contributed by atoms with van der Waals surface area (Å²) in [6.07, 6.45) is 1.78. The normalized spacial score (nSPS) is 11.8. The quantitative estimate of drug-likeness (QED) is 0.313. The van der Waals surface area contributed by atoms with Crippen molar-refractivity contribution in [2.75, 3.05) is 11.9 Å². The summed E-state index contributed by atoms with van der Waals surface area (Å²) in [4.78, 5) is 35.7. The van der Waals surface area contributed by atoms with Crippen molar-refractivity contribution in [2.45, 2.75) is 37.0 Å². The molecule has 26 heavy (non-hydrogen) atoms. The maximum absolute atomic E-state index is 12.3. The number of hydrogen-bond donors (Lipinski definition) is 2. The second kappa shape index (κ2) is 9.23. The molecule has 0 aliphatic heterocycles. The van der Waals surface area contributed by atoms with Gasteiger partial charge in [0.1, 0.15) is 0 Å². The van der Waals surface area contributed by atoms with Gasteiger partial charge in [-0.2, -0.15) is 0 Å².